The van der Waals surface area contributed by atoms with E-state index in [0.29, 0.717) is 18.0 Å². The highest BCUT2D eigenvalue weighted by molar-refractivity contribution is 5.98. The van der Waals surface area contributed by atoms with Gasteiger partial charge in [-0.3, -0.25) is 4.79 Å². The van der Waals surface area contributed by atoms with Crippen molar-refractivity contribution in [2.75, 3.05) is 39.5 Å². The van der Waals surface area contributed by atoms with Crippen molar-refractivity contribution in [3.8, 4) is 17.0 Å². The summed E-state index contributed by atoms with van der Waals surface area (Å²) in [5.41, 5.74) is 8.29. The number of hydrogen-bond donors (Lipinski definition) is 1. The van der Waals surface area contributed by atoms with E-state index in [2.05, 4.69) is 29.0 Å². The Morgan fingerprint density at radius 1 is 1.24 bits per heavy atom. The predicted molar refractivity (Wildman–Crippen MR) is 150 cm³/mol. The molecule has 1 aromatic carbocycles. The molecule has 1 fully saturated rings. The van der Waals surface area contributed by atoms with Crippen molar-refractivity contribution < 1.29 is 9.53 Å². The minimum Gasteiger partial charge on any atom is -0.483 e. The van der Waals surface area contributed by atoms with Crippen LogP contribution >= 0.6 is 0 Å². The zero-order valence-corrected chi connectivity index (χ0v) is 22.2. The molecule has 198 valence electrons. The van der Waals surface area contributed by atoms with Gasteiger partial charge >= 0.3 is 0 Å². The minimum absolute atomic E-state index is 0.00537. The summed E-state index contributed by atoms with van der Waals surface area (Å²) in [4.78, 5) is 25.5. The van der Waals surface area contributed by atoms with Crippen LogP contribution in [0.15, 0.2) is 67.0 Å². The standard InChI is InChI=1S/C29H35N7O2/c1-29(15-5-4-6-16-29)38-23-13-11-21(12-14-23)26-25-27(30)31-20-32-28(25)36(33-26)22-9-7-18-35(19-22)24(37)10-8-17-34(2)3/h4-6,8,10-15,20,22H,7,9,16-19H2,1-3H3,(H2,30,31,32)/b10-8+. The van der Waals surface area contributed by atoms with Crippen LogP contribution < -0.4 is 10.5 Å². The number of piperidine rings is 1. The number of rotatable bonds is 7. The zero-order valence-electron chi connectivity index (χ0n) is 22.2. The maximum Gasteiger partial charge on any atom is 0.246 e. The molecule has 0 saturated carbocycles. The van der Waals surface area contributed by atoms with Crippen molar-refractivity contribution in [2.24, 2.45) is 0 Å². The molecule has 3 heterocycles. The highest BCUT2D eigenvalue weighted by Crippen LogP contribution is 2.35. The van der Waals surface area contributed by atoms with E-state index in [1.807, 2.05) is 71.1 Å². The number of benzene rings is 1. The molecule has 0 spiro atoms. The van der Waals surface area contributed by atoms with E-state index in [-0.39, 0.29) is 17.6 Å². The molecule has 1 saturated heterocycles. The number of anilines is 1. The fourth-order valence-corrected chi connectivity index (χ4v) is 5.01. The molecule has 2 aromatic heterocycles. The molecule has 9 heteroatoms. The lowest BCUT2D eigenvalue weighted by atomic mass is 9.97. The van der Waals surface area contributed by atoms with Crippen LogP contribution in [0.25, 0.3) is 22.3 Å². The number of nitrogens with two attached hydrogens (primary N) is 1. The van der Waals surface area contributed by atoms with Crippen molar-refractivity contribution >= 4 is 22.8 Å². The van der Waals surface area contributed by atoms with Gasteiger partial charge in [0.1, 0.15) is 29.2 Å². The summed E-state index contributed by atoms with van der Waals surface area (Å²) in [6.07, 6.45) is 15.9. The molecule has 1 aliphatic heterocycles. The maximum absolute atomic E-state index is 12.8. The lowest BCUT2D eigenvalue weighted by Crippen LogP contribution is -2.40. The summed E-state index contributed by atoms with van der Waals surface area (Å²) in [6, 6.07) is 7.89. The van der Waals surface area contributed by atoms with Gasteiger partial charge in [-0.15, -0.1) is 0 Å². The smallest absolute Gasteiger partial charge is 0.246 e. The molecule has 9 nitrogen and oxygen atoms in total. The topological polar surface area (TPSA) is 102 Å². The monoisotopic (exact) mass is 513 g/mol. The van der Waals surface area contributed by atoms with Crippen molar-refractivity contribution in [1.29, 1.82) is 0 Å². The number of hydrogen-bond acceptors (Lipinski definition) is 7. The summed E-state index contributed by atoms with van der Waals surface area (Å²) < 4.78 is 8.19. The number of nitrogens with zero attached hydrogens (tertiary/aromatic N) is 6. The second-order valence-electron chi connectivity index (χ2n) is 10.4. The van der Waals surface area contributed by atoms with E-state index in [1.54, 1.807) is 6.08 Å². The predicted octanol–water partition coefficient (Wildman–Crippen LogP) is 4.01. The van der Waals surface area contributed by atoms with Crippen LogP contribution in [-0.4, -0.2) is 74.8 Å². The third kappa shape index (κ3) is 5.47. The molecule has 2 unspecified atom stereocenters. The van der Waals surface area contributed by atoms with Crippen molar-refractivity contribution in [3.05, 3.63) is 67.0 Å². The number of carbonyl (C=O) groups excluding carboxylic acids is 1. The molecular weight excluding hydrogens is 478 g/mol. The fourth-order valence-electron chi connectivity index (χ4n) is 5.01. The van der Waals surface area contributed by atoms with E-state index in [1.165, 1.54) is 6.33 Å². The molecule has 0 bridgehead atoms. The highest BCUT2D eigenvalue weighted by atomic mass is 16.5. The van der Waals surface area contributed by atoms with Gasteiger partial charge < -0.3 is 20.3 Å². The highest BCUT2D eigenvalue weighted by Gasteiger charge is 2.28. The number of nitrogen functional groups attached to an aromatic ring is 1. The molecule has 2 aliphatic rings. The van der Waals surface area contributed by atoms with Gasteiger partial charge in [-0.25, -0.2) is 14.6 Å². The van der Waals surface area contributed by atoms with Gasteiger partial charge in [0.2, 0.25) is 5.91 Å². The number of carbonyl (C=O) groups is 1. The molecule has 2 N–H and O–H groups in total. The Balaban J connectivity index is 1.41. The van der Waals surface area contributed by atoms with E-state index >= 15 is 0 Å². The lowest BCUT2D eigenvalue weighted by Gasteiger charge is -2.32. The van der Waals surface area contributed by atoms with Crippen LogP contribution in [0.4, 0.5) is 5.82 Å². The second kappa shape index (κ2) is 10.8. The second-order valence-corrected chi connectivity index (χ2v) is 10.4. The van der Waals surface area contributed by atoms with Crippen molar-refractivity contribution in [1.82, 2.24) is 29.5 Å². The first kappa shape index (κ1) is 25.7. The molecule has 2 atom stereocenters. The van der Waals surface area contributed by atoms with Gasteiger partial charge in [0.25, 0.3) is 0 Å². The third-order valence-electron chi connectivity index (χ3n) is 7.00. The van der Waals surface area contributed by atoms with Crippen LogP contribution in [0, 0.1) is 0 Å². The molecule has 5 rings (SSSR count). The molecule has 1 amide bonds. The first-order chi connectivity index (χ1) is 18.3. The normalized spacial score (nSPS) is 21.6. The first-order valence-electron chi connectivity index (χ1n) is 13.1. The number of allylic oxidation sites excluding steroid dienone is 2. The average molecular weight is 514 g/mol. The summed E-state index contributed by atoms with van der Waals surface area (Å²) in [6.45, 7) is 4.10. The first-order valence-corrected chi connectivity index (χ1v) is 13.1. The lowest BCUT2D eigenvalue weighted by molar-refractivity contribution is -0.127. The van der Waals surface area contributed by atoms with Gasteiger partial charge in [0.05, 0.1) is 11.4 Å². The van der Waals surface area contributed by atoms with E-state index in [9.17, 15) is 4.79 Å². The Morgan fingerprint density at radius 2 is 2.05 bits per heavy atom. The van der Waals surface area contributed by atoms with Crippen LogP contribution in [0.5, 0.6) is 5.75 Å². The number of likely N-dealkylation sites (tertiary alicyclic amines) is 1. The number of fused-ring (bicyclic) bond motifs is 1. The maximum atomic E-state index is 12.8. The average Bonchev–Trinajstić information content (AvgIpc) is 3.30. The summed E-state index contributed by atoms with van der Waals surface area (Å²) in [5.74, 6) is 1.20. The van der Waals surface area contributed by atoms with Gasteiger partial charge in [-0.2, -0.15) is 5.10 Å². The Hall–Kier alpha value is -3.98. The SMILES string of the molecule is CN(C)C/C=C/C(=O)N1CCCC(n2nc(-c3ccc(OC4(C)C=CC=CC4)cc3)c3c(N)ncnc32)C1. The molecular formula is C29H35N7O2. The zero-order chi connectivity index (χ0) is 26.7. The number of aromatic nitrogens is 4. The van der Waals surface area contributed by atoms with E-state index < -0.39 is 0 Å². The third-order valence-corrected chi connectivity index (χ3v) is 7.00. The number of likely N-dealkylation sites (N-methyl/N-ethyl adjacent to an activating group) is 1. The van der Waals surface area contributed by atoms with Gasteiger partial charge in [-0.1, -0.05) is 24.3 Å². The number of amides is 1. The summed E-state index contributed by atoms with van der Waals surface area (Å²) >= 11 is 0. The Kier molecular flexibility index (Phi) is 7.28. The quantitative estimate of drug-likeness (QED) is 0.476. The van der Waals surface area contributed by atoms with Crippen molar-refractivity contribution in [3.63, 3.8) is 0 Å². The van der Waals surface area contributed by atoms with Crippen LogP contribution in [0.1, 0.15) is 32.2 Å². The molecule has 0 radical (unpaired) electrons. The van der Waals surface area contributed by atoms with Crippen molar-refractivity contribution in [2.45, 2.75) is 37.8 Å². The molecule has 1 aliphatic carbocycles. The minimum atomic E-state index is -0.366. The van der Waals surface area contributed by atoms with Gasteiger partial charge in [0.15, 0.2) is 5.65 Å². The summed E-state index contributed by atoms with van der Waals surface area (Å²) in [5, 5.41) is 5.72. The Labute approximate surface area is 223 Å². The van der Waals surface area contributed by atoms with Gasteiger partial charge in [0, 0.05) is 37.7 Å². The molecule has 3 aromatic rings. The summed E-state index contributed by atoms with van der Waals surface area (Å²) in [7, 11) is 3.96. The largest absolute Gasteiger partial charge is 0.483 e. The fraction of sp³-hybridized carbons (Fsp3) is 0.379. The van der Waals surface area contributed by atoms with E-state index in [0.717, 1.165) is 54.7 Å². The molecule has 38 heavy (non-hydrogen) atoms. The van der Waals surface area contributed by atoms with Crippen LogP contribution in [-0.2, 0) is 4.79 Å². The number of ether oxygens (including phenoxy) is 1. The van der Waals surface area contributed by atoms with Gasteiger partial charge in [-0.05, 0) is 64.2 Å². The Morgan fingerprint density at radius 3 is 2.79 bits per heavy atom. The Bertz CT molecular complexity index is 1390. The van der Waals surface area contributed by atoms with Crippen LogP contribution in [0.3, 0.4) is 0 Å². The van der Waals surface area contributed by atoms with Crippen LogP contribution in [0.2, 0.25) is 0 Å². The van der Waals surface area contributed by atoms with E-state index in [4.69, 9.17) is 15.6 Å².